The van der Waals surface area contributed by atoms with Crippen LogP contribution in [0, 0.1) is 0 Å². The Morgan fingerprint density at radius 2 is 1.85 bits per heavy atom. The van der Waals surface area contributed by atoms with Crippen molar-refractivity contribution in [2.45, 2.75) is 69.1 Å². The SMILES string of the molecule is C[C@@H]1[C@H](c2ccccc2)C[C@H](NC(=O)c2ccc3c(c2)C[C@@]2(C3)C(=O)Nc3ncccc32)c2ncc(C(C)(C)O)n21. The number of amides is 2. The quantitative estimate of drug-likeness (QED) is 0.343. The first kappa shape index (κ1) is 25.7. The molecule has 8 heteroatoms. The molecule has 7 rings (SSSR count). The number of carbonyl (C=O) groups is 2. The number of nitrogens with zero attached hydrogens (tertiary/aromatic N) is 3. The van der Waals surface area contributed by atoms with Crippen LogP contribution in [-0.2, 0) is 28.7 Å². The summed E-state index contributed by atoms with van der Waals surface area (Å²) in [5.41, 5.74) is 3.72. The highest BCUT2D eigenvalue weighted by Gasteiger charge is 2.51. The molecular formula is C33H33N5O3. The zero-order chi connectivity index (χ0) is 28.5. The Labute approximate surface area is 238 Å². The maximum atomic E-state index is 13.7. The lowest BCUT2D eigenvalue weighted by Gasteiger charge is -2.38. The second-order valence-corrected chi connectivity index (χ2v) is 12.2. The van der Waals surface area contributed by atoms with E-state index in [1.807, 2.05) is 48.5 Å². The molecule has 0 unspecified atom stereocenters. The zero-order valence-electron chi connectivity index (χ0n) is 23.4. The Bertz CT molecular complexity index is 1690. The minimum absolute atomic E-state index is 0.0360. The third-order valence-electron chi connectivity index (χ3n) is 9.22. The maximum Gasteiger partial charge on any atom is 0.251 e. The van der Waals surface area contributed by atoms with Gasteiger partial charge in [0.2, 0.25) is 5.91 Å². The molecule has 4 aromatic rings. The summed E-state index contributed by atoms with van der Waals surface area (Å²) in [4.78, 5) is 35.9. The first-order chi connectivity index (χ1) is 19.7. The van der Waals surface area contributed by atoms with Gasteiger partial charge in [0.15, 0.2) is 0 Å². The summed E-state index contributed by atoms with van der Waals surface area (Å²) in [6.07, 6.45) is 5.23. The van der Waals surface area contributed by atoms with Gasteiger partial charge in [-0.05, 0) is 74.9 Å². The van der Waals surface area contributed by atoms with Crippen LogP contribution in [0.5, 0.6) is 0 Å². The average molecular weight is 548 g/mol. The van der Waals surface area contributed by atoms with Crippen molar-refractivity contribution < 1.29 is 14.7 Å². The maximum absolute atomic E-state index is 13.7. The van der Waals surface area contributed by atoms with Gasteiger partial charge >= 0.3 is 0 Å². The summed E-state index contributed by atoms with van der Waals surface area (Å²) in [5.74, 6) is 1.29. The molecule has 2 aromatic heterocycles. The Hall–Kier alpha value is -4.30. The van der Waals surface area contributed by atoms with Crippen LogP contribution in [0.3, 0.4) is 0 Å². The van der Waals surface area contributed by atoms with E-state index >= 15 is 0 Å². The number of rotatable bonds is 4. The van der Waals surface area contributed by atoms with Crippen LogP contribution in [0.15, 0.2) is 73.1 Å². The van der Waals surface area contributed by atoms with Gasteiger partial charge in [-0.3, -0.25) is 9.59 Å². The Morgan fingerprint density at radius 1 is 1.07 bits per heavy atom. The molecule has 0 fully saturated rings. The van der Waals surface area contributed by atoms with Crippen LogP contribution in [0.4, 0.5) is 5.82 Å². The van der Waals surface area contributed by atoms with E-state index < -0.39 is 11.0 Å². The second-order valence-electron chi connectivity index (χ2n) is 12.2. The predicted molar refractivity (Wildman–Crippen MR) is 155 cm³/mol. The molecule has 2 aromatic carbocycles. The Balaban J connectivity index is 1.19. The van der Waals surface area contributed by atoms with Crippen molar-refractivity contribution in [3.8, 4) is 0 Å². The highest BCUT2D eigenvalue weighted by atomic mass is 16.3. The average Bonchev–Trinajstić information content (AvgIpc) is 3.65. The lowest BCUT2D eigenvalue weighted by molar-refractivity contribution is -0.120. The largest absolute Gasteiger partial charge is 0.384 e. The molecule has 208 valence electrons. The van der Waals surface area contributed by atoms with Crippen molar-refractivity contribution in [1.29, 1.82) is 0 Å². The summed E-state index contributed by atoms with van der Waals surface area (Å²) in [7, 11) is 0. The fraction of sp³-hybridized carbons (Fsp3) is 0.333. The Kier molecular flexibility index (Phi) is 5.70. The second kappa shape index (κ2) is 9.11. The molecule has 4 heterocycles. The number of imidazole rings is 1. The van der Waals surface area contributed by atoms with E-state index in [2.05, 4.69) is 39.2 Å². The number of benzene rings is 2. The molecule has 0 radical (unpaired) electrons. The standard InChI is InChI=1S/C33H33N5O3/c1-19-24(20-8-5-4-6-9-20)15-26(29-35-18-27(38(19)29)32(2,3)41)36-30(39)21-11-12-22-16-33(17-23(22)14-21)25-10-7-13-34-28(25)37-31(33)40/h4-14,18-19,24,26,41H,15-17H2,1-3H3,(H,36,39)(H,34,37,40)/t19-,24-,26+,33-/m1/s1. The molecule has 4 atom stereocenters. The van der Waals surface area contributed by atoms with Crippen molar-refractivity contribution in [2.24, 2.45) is 0 Å². The van der Waals surface area contributed by atoms with Crippen molar-refractivity contribution >= 4 is 17.6 Å². The molecule has 0 saturated heterocycles. The van der Waals surface area contributed by atoms with Crippen molar-refractivity contribution in [3.05, 3.63) is 112 Å². The van der Waals surface area contributed by atoms with E-state index in [9.17, 15) is 14.7 Å². The van der Waals surface area contributed by atoms with E-state index in [1.165, 1.54) is 5.56 Å². The first-order valence-corrected chi connectivity index (χ1v) is 14.2. The molecule has 1 aliphatic carbocycles. The molecule has 2 aliphatic heterocycles. The number of fused-ring (bicyclic) bond motifs is 4. The molecule has 1 spiro atoms. The molecular weight excluding hydrogens is 514 g/mol. The number of nitrogens with one attached hydrogen (secondary N) is 2. The summed E-state index contributed by atoms with van der Waals surface area (Å²) in [6, 6.07) is 19.6. The van der Waals surface area contributed by atoms with Crippen LogP contribution in [-0.4, -0.2) is 31.5 Å². The number of pyridine rings is 1. The summed E-state index contributed by atoms with van der Waals surface area (Å²) >= 11 is 0. The summed E-state index contributed by atoms with van der Waals surface area (Å²) in [6.45, 7) is 5.68. The number of aromatic nitrogens is 3. The van der Waals surface area contributed by atoms with Gasteiger partial charge in [-0.25, -0.2) is 9.97 Å². The topological polar surface area (TPSA) is 109 Å². The third-order valence-corrected chi connectivity index (χ3v) is 9.22. The van der Waals surface area contributed by atoms with E-state index in [0.717, 1.165) is 28.2 Å². The number of carbonyl (C=O) groups excluding carboxylic acids is 2. The monoisotopic (exact) mass is 547 g/mol. The van der Waals surface area contributed by atoms with Gasteiger partial charge in [-0.15, -0.1) is 0 Å². The minimum Gasteiger partial charge on any atom is -0.384 e. The van der Waals surface area contributed by atoms with Crippen molar-refractivity contribution in [1.82, 2.24) is 19.9 Å². The van der Waals surface area contributed by atoms with Crippen LogP contribution in [0.2, 0.25) is 0 Å². The number of hydrogen-bond acceptors (Lipinski definition) is 5. The van der Waals surface area contributed by atoms with Crippen LogP contribution in [0.1, 0.15) is 89.3 Å². The summed E-state index contributed by atoms with van der Waals surface area (Å²) in [5, 5.41) is 17.1. The first-order valence-electron chi connectivity index (χ1n) is 14.2. The molecule has 0 saturated carbocycles. The molecule has 0 bridgehead atoms. The van der Waals surface area contributed by atoms with Gasteiger partial charge in [-0.2, -0.15) is 0 Å². The van der Waals surface area contributed by atoms with Gasteiger partial charge in [0, 0.05) is 29.3 Å². The van der Waals surface area contributed by atoms with Crippen LogP contribution < -0.4 is 10.6 Å². The Morgan fingerprint density at radius 3 is 2.63 bits per heavy atom. The van der Waals surface area contributed by atoms with E-state index in [0.29, 0.717) is 30.6 Å². The summed E-state index contributed by atoms with van der Waals surface area (Å²) < 4.78 is 2.10. The number of anilines is 1. The highest BCUT2D eigenvalue weighted by Crippen LogP contribution is 2.47. The van der Waals surface area contributed by atoms with E-state index in [1.54, 1.807) is 26.2 Å². The lowest BCUT2D eigenvalue weighted by atomic mass is 9.79. The number of aliphatic hydroxyl groups is 1. The van der Waals surface area contributed by atoms with Gasteiger partial charge in [0.1, 0.15) is 17.2 Å². The molecule has 3 N–H and O–H groups in total. The molecule has 2 amide bonds. The van der Waals surface area contributed by atoms with Crippen LogP contribution in [0.25, 0.3) is 0 Å². The van der Waals surface area contributed by atoms with Crippen molar-refractivity contribution in [3.63, 3.8) is 0 Å². The smallest absolute Gasteiger partial charge is 0.251 e. The van der Waals surface area contributed by atoms with Gasteiger partial charge in [-0.1, -0.05) is 42.5 Å². The fourth-order valence-corrected chi connectivity index (χ4v) is 7.14. The van der Waals surface area contributed by atoms with Crippen LogP contribution >= 0.6 is 0 Å². The molecule has 41 heavy (non-hydrogen) atoms. The fourth-order valence-electron chi connectivity index (χ4n) is 7.14. The molecule has 3 aliphatic rings. The van der Waals surface area contributed by atoms with Crippen molar-refractivity contribution in [2.75, 3.05) is 5.32 Å². The lowest BCUT2D eigenvalue weighted by Crippen LogP contribution is -2.38. The normalized spacial score (nSPS) is 24.5. The van der Waals surface area contributed by atoms with E-state index in [-0.39, 0.29) is 29.8 Å². The van der Waals surface area contributed by atoms with Gasteiger partial charge in [0.05, 0.1) is 23.3 Å². The van der Waals surface area contributed by atoms with E-state index in [4.69, 9.17) is 4.98 Å². The minimum atomic E-state index is -1.08. The highest BCUT2D eigenvalue weighted by molar-refractivity contribution is 6.06. The molecule has 8 nitrogen and oxygen atoms in total. The van der Waals surface area contributed by atoms with Gasteiger partial charge in [0.25, 0.3) is 5.91 Å². The predicted octanol–water partition coefficient (Wildman–Crippen LogP) is 4.71. The number of hydrogen-bond donors (Lipinski definition) is 3. The zero-order valence-corrected chi connectivity index (χ0v) is 23.4. The van der Waals surface area contributed by atoms with Gasteiger partial charge < -0.3 is 20.3 Å². The third kappa shape index (κ3) is 4.00.